The number of benzene rings is 5. The van der Waals surface area contributed by atoms with Gasteiger partial charge < -0.3 is 9.38 Å². The zero-order valence-electron chi connectivity index (χ0n) is 19.1. The molecule has 6 aromatic rings. The average Bonchev–Trinajstić information content (AvgIpc) is 3.29. The molecule has 0 amide bonds. The van der Waals surface area contributed by atoms with Gasteiger partial charge in [-0.3, -0.25) is 0 Å². The zero-order chi connectivity index (χ0) is 22.9. The number of hydrogen-bond acceptors (Lipinski definition) is 1. The summed E-state index contributed by atoms with van der Waals surface area (Å²) < 4.78 is 2.46. The van der Waals surface area contributed by atoms with Crippen LogP contribution in [0.15, 0.2) is 127 Å². The first-order valence-electron chi connectivity index (χ1n) is 12.2. The first-order valence-corrected chi connectivity index (χ1v) is 12.2. The molecule has 0 saturated carbocycles. The Morgan fingerprint density at radius 1 is 0.486 bits per heavy atom. The molecule has 0 N–H and O–H groups in total. The number of anilines is 2. The van der Waals surface area contributed by atoms with Gasteiger partial charge in [-0.25, -0.2) is 0 Å². The molecule has 0 bridgehead atoms. The monoisotopic (exact) mass is 444 g/mol. The second kappa shape index (κ2) is 7.00. The third kappa shape index (κ3) is 2.45. The molecule has 0 aliphatic carbocycles. The van der Waals surface area contributed by atoms with Crippen molar-refractivity contribution in [3.8, 4) is 28.1 Å². The van der Waals surface area contributed by atoms with Crippen molar-refractivity contribution >= 4 is 40.1 Å². The summed E-state index contributed by atoms with van der Waals surface area (Å²) in [5.41, 5.74) is 12.9. The van der Waals surface area contributed by atoms with Crippen LogP contribution in [0.1, 0.15) is 0 Å². The van der Waals surface area contributed by atoms with Crippen molar-refractivity contribution in [2.45, 2.75) is 0 Å². The number of aromatic nitrogens is 1. The molecule has 35 heavy (non-hydrogen) atoms. The standard InChI is InChI=1S/C32H21BN2/c1-2-12-22(13-3-1)34-28-19-9-6-16-25(28)31-32(34)26-17-7-11-21-30(26)35-29-20-10-5-15-24(29)23-14-4-8-18-27(23)33(31)35/h1-21H. The fourth-order valence-corrected chi connectivity index (χ4v) is 6.26. The Morgan fingerprint density at radius 3 is 1.91 bits per heavy atom. The molecule has 5 aromatic carbocycles. The van der Waals surface area contributed by atoms with Crippen LogP contribution in [0.3, 0.4) is 0 Å². The third-order valence-electron chi connectivity index (χ3n) is 7.59. The molecule has 2 nitrogen and oxygen atoms in total. The van der Waals surface area contributed by atoms with Crippen molar-refractivity contribution in [2.24, 2.45) is 0 Å². The van der Waals surface area contributed by atoms with Crippen LogP contribution < -0.4 is 15.7 Å². The summed E-state index contributed by atoms with van der Waals surface area (Å²) >= 11 is 0. The van der Waals surface area contributed by atoms with Gasteiger partial charge in [-0.15, -0.1) is 0 Å². The zero-order valence-corrected chi connectivity index (χ0v) is 19.1. The maximum absolute atomic E-state index is 2.57. The topological polar surface area (TPSA) is 8.17 Å². The van der Waals surface area contributed by atoms with Gasteiger partial charge in [0.15, 0.2) is 0 Å². The minimum absolute atomic E-state index is 0.0980. The highest BCUT2D eigenvalue weighted by molar-refractivity contribution is 6.94. The molecule has 0 unspecified atom stereocenters. The van der Waals surface area contributed by atoms with Crippen LogP contribution >= 0.6 is 0 Å². The Bertz CT molecular complexity index is 1770. The molecule has 3 heterocycles. The summed E-state index contributed by atoms with van der Waals surface area (Å²) in [6, 6.07) is 46.3. The van der Waals surface area contributed by atoms with Gasteiger partial charge in [0.1, 0.15) is 0 Å². The highest BCUT2D eigenvalue weighted by Gasteiger charge is 2.44. The van der Waals surface area contributed by atoms with Gasteiger partial charge in [0.05, 0.1) is 11.2 Å². The third-order valence-corrected chi connectivity index (χ3v) is 7.59. The summed E-state index contributed by atoms with van der Waals surface area (Å²) in [5, 5.41) is 1.31. The quantitative estimate of drug-likeness (QED) is 0.262. The Balaban J connectivity index is 1.58. The summed E-state index contributed by atoms with van der Waals surface area (Å²) in [7, 11) is 0. The van der Waals surface area contributed by atoms with Crippen LogP contribution in [0.25, 0.3) is 39.0 Å². The molecule has 2 aliphatic rings. The molecule has 2 aliphatic heterocycles. The van der Waals surface area contributed by atoms with Crippen molar-refractivity contribution < 1.29 is 0 Å². The molecule has 8 rings (SSSR count). The van der Waals surface area contributed by atoms with Crippen LogP contribution in [-0.4, -0.2) is 11.4 Å². The molecule has 162 valence electrons. The lowest BCUT2D eigenvalue weighted by Gasteiger charge is -2.42. The van der Waals surface area contributed by atoms with E-state index in [1.165, 1.54) is 61.3 Å². The smallest absolute Gasteiger partial charge is 0.331 e. The summed E-state index contributed by atoms with van der Waals surface area (Å²) in [4.78, 5) is 2.57. The van der Waals surface area contributed by atoms with Gasteiger partial charge >= 0.3 is 6.85 Å². The lowest BCUT2D eigenvalue weighted by molar-refractivity contribution is 1.13. The van der Waals surface area contributed by atoms with Crippen LogP contribution in [0.4, 0.5) is 11.4 Å². The van der Waals surface area contributed by atoms with Crippen molar-refractivity contribution in [3.05, 3.63) is 127 Å². The minimum Gasteiger partial charge on any atom is -0.376 e. The van der Waals surface area contributed by atoms with Crippen molar-refractivity contribution in [2.75, 3.05) is 4.81 Å². The molecule has 3 heteroatoms. The van der Waals surface area contributed by atoms with E-state index in [2.05, 4.69) is 137 Å². The van der Waals surface area contributed by atoms with Gasteiger partial charge in [0.2, 0.25) is 0 Å². The molecule has 0 spiro atoms. The molecule has 0 radical (unpaired) electrons. The average molecular weight is 444 g/mol. The molecule has 1 aromatic heterocycles. The second-order valence-corrected chi connectivity index (χ2v) is 9.34. The molecular weight excluding hydrogens is 423 g/mol. The fourth-order valence-electron chi connectivity index (χ4n) is 6.26. The van der Waals surface area contributed by atoms with Crippen LogP contribution in [0, 0.1) is 0 Å². The molecule has 0 atom stereocenters. The van der Waals surface area contributed by atoms with E-state index in [-0.39, 0.29) is 6.85 Å². The second-order valence-electron chi connectivity index (χ2n) is 9.34. The predicted molar refractivity (Wildman–Crippen MR) is 148 cm³/mol. The SMILES string of the molecule is c1ccc(-n2c3c(c4ccccc42)B2c4ccccc4-c4ccccc4N2c2ccccc2-3)cc1. The molecular formula is C32H21BN2. The maximum Gasteiger partial charge on any atom is 0.331 e. The van der Waals surface area contributed by atoms with E-state index < -0.39 is 0 Å². The Kier molecular flexibility index (Phi) is 3.78. The normalized spacial score (nSPS) is 13.0. The van der Waals surface area contributed by atoms with E-state index in [0.29, 0.717) is 0 Å². The van der Waals surface area contributed by atoms with Crippen LogP contribution in [-0.2, 0) is 0 Å². The van der Waals surface area contributed by atoms with E-state index in [1.807, 2.05) is 0 Å². The lowest BCUT2D eigenvalue weighted by atomic mass is 9.43. The van der Waals surface area contributed by atoms with Gasteiger partial charge in [-0.05, 0) is 52.2 Å². The highest BCUT2D eigenvalue weighted by Crippen LogP contribution is 2.47. The summed E-state index contributed by atoms with van der Waals surface area (Å²) in [6.07, 6.45) is 0. The Morgan fingerprint density at radius 2 is 1.09 bits per heavy atom. The summed E-state index contributed by atoms with van der Waals surface area (Å²) in [6.45, 7) is 0.0980. The van der Waals surface area contributed by atoms with E-state index in [0.717, 1.165) is 0 Å². The number of fused-ring (bicyclic) bond motifs is 13. The largest absolute Gasteiger partial charge is 0.376 e. The van der Waals surface area contributed by atoms with E-state index >= 15 is 0 Å². The van der Waals surface area contributed by atoms with Gasteiger partial charge in [-0.2, -0.15) is 0 Å². The Hall–Kier alpha value is -4.50. The first kappa shape index (κ1) is 18.9. The first-order chi connectivity index (χ1) is 17.4. The fraction of sp³-hybridized carbons (Fsp3) is 0. The van der Waals surface area contributed by atoms with Crippen molar-refractivity contribution in [3.63, 3.8) is 0 Å². The van der Waals surface area contributed by atoms with Crippen LogP contribution in [0.2, 0.25) is 0 Å². The van der Waals surface area contributed by atoms with Gasteiger partial charge in [0.25, 0.3) is 0 Å². The van der Waals surface area contributed by atoms with Gasteiger partial charge in [0, 0.05) is 28.2 Å². The molecule has 0 saturated heterocycles. The lowest BCUT2D eigenvalue weighted by Crippen LogP contribution is -2.59. The van der Waals surface area contributed by atoms with Gasteiger partial charge in [-0.1, -0.05) is 97.1 Å². The highest BCUT2D eigenvalue weighted by atomic mass is 15.1. The van der Waals surface area contributed by atoms with Crippen LogP contribution in [0.5, 0.6) is 0 Å². The number of nitrogens with zero attached hydrogens (tertiary/aromatic N) is 2. The van der Waals surface area contributed by atoms with Crippen molar-refractivity contribution in [1.29, 1.82) is 0 Å². The summed E-state index contributed by atoms with van der Waals surface area (Å²) in [5.74, 6) is 0. The van der Waals surface area contributed by atoms with Crippen molar-refractivity contribution in [1.82, 2.24) is 4.57 Å². The van der Waals surface area contributed by atoms with E-state index in [4.69, 9.17) is 0 Å². The predicted octanol–water partition coefficient (Wildman–Crippen LogP) is 6.54. The number of para-hydroxylation sites is 4. The van der Waals surface area contributed by atoms with E-state index in [9.17, 15) is 0 Å². The number of hydrogen-bond donors (Lipinski definition) is 0. The number of rotatable bonds is 1. The van der Waals surface area contributed by atoms with E-state index in [1.54, 1.807) is 0 Å². The minimum atomic E-state index is 0.0980. The molecule has 0 fully saturated rings. The Labute approximate surface area is 204 Å². The maximum atomic E-state index is 2.57.